The molecule has 0 aromatic heterocycles. The van der Waals surface area contributed by atoms with E-state index in [4.69, 9.17) is 16.2 Å². The molecular weight excluding hydrogens is 511 g/mol. The Kier molecular flexibility index (Phi) is 7.32. The molecule has 7 atom stereocenters. The van der Waals surface area contributed by atoms with E-state index in [1.165, 1.54) is 6.92 Å². The van der Waals surface area contributed by atoms with Crippen LogP contribution in [0.1, 0.15) is 47.5 Å². The quantitative estimate of drug-likeness (QED) is 0.311. The van der Waals surface area contributed by atoms with Gasteiger partial charge in [0.2, 0.25) is 23.6 Å². The number of rotatable bonds is 9. The lowest BCUT2D eigenvalue weighted by Gasteiger charge is -2.40. The van der Waals surface area contributed by atoms with E-state index in [1.54, 1.807) is 19.2 Å². The van der Waals surface area contributed by atoms with Crippen molar-refractivity contribution in [3.05, 3.63) is 0 Å². The number of primary amides is 2. The van der Waals surface area contributed by atoms with Crippen molar-refractivity contribution in [2.24, 2.45) is 40.1 Å². The van der Waals surface area contributed by atoms with Crippen molar-refractivity contribution in [3.63, 3.8) is 0 Å². The molecule has 6 N–H and O–H groups in total. The first-order valence-corrected chi connectivity index (χ1v) is 12.4. The van der Waals surface area contributed by atoms with E-state index in [9.17, 15) is 37.1 Å². The minimum absolute atomic E-state index is 0.0129. The number of hydrogen-bond acceptors (Lipinski definition) is 6. The third-order valence-corrected chi connectivity index (χ3v) is 8.86. The largest absolute Gasteiger partial charge is 0.471 e. The third-order valence-electron chi connectivity index (χ3n) is 8.86. The zero-order valence-corrected chi connectivity index (χ0v) is 22.3. The molecule has 0 radical (unpaired) electrons. The third kappa shape index (κ3) is 4.60. The van der Waals surface area contributed by atoms with E-state index in [0.29, 0.717) is 6.42 Å². The smallest absolute Gasteiger partial charge is 0.379 e. The van der Waals surface area contributed by atoms with E-state index < -0.39 is 82.1 Å². The second kappa shape index (κ2) is 9.38. The summed E-state index contributed by atoms with van der Waals surface area (Å²) in [5.74, 6) is -7.46. The van der Waals surface area contributed by atoms with Crippen LogP contribution in [-0.4, -0.2) is 78.0 Å². The van der Waals surface area contributed by atoms with Crippen molar-refractivity contribution in [1.29, 1.82) is 0 Å². The molecule has 3 fully saturated rings. The number of amides is 5. The predicted octanol–water partition coefficient (Wildman–Crippen LogP) is -0.187. The van der Waals surface area contributed by atoms with Crippen molar-refractivity contribution >= 4 is 29.5 Å². The molecule has 1 saturated carbocycles. The highest BCUT2D eigenvalue weighted by Gasteiger charge is 2.83. The summed E-state index contributed by atoms with van der Waals surface area (Å²) in [4.78, 5) is 64.8. The number of nitrogens with zero attached hydrogens (tertiary/aromatic N) is 1. The highest BCUT2D eigenvalue weighted by atomic mass is 19.4. The van der Waals surface area contributed by atoms with Crippen LogP contribution in [0.3, 0.4) is 0 Å². The van der Waals surface area contributed by atoms with Crippen molar-refractivity contribution in [2.75, 3.05) is 13.7 Å². The fourth-order valence-electron chi connectivity index (χ4n) is 7.05. The second-order valence-corrected chi connectivity index (χ2v) is 11.9. The van der Waals surface area contributed by atoms with Gasteiger partial charge in [-0.3, -0.25) is 24.0 Å². The number of halogens is 3. The van der Waals surface area contributed by atoms with Crippen LogP contribution < -0.4 is 22.1 Å². The van der Waals surface area contributed by atoms with Gasteiger partial charge in [0.1, 0.15) is 12.1 Å². The lowest BCUT2D eigenvalue weighted by atomic mass is 9.71. The summed E-state index contributed by atoms with van der Waals surface area (Å²) in [6.07, 6.45) is -6.03. The minimum atomic E-state index is -5.27. The number of alkyl halides is 3. The predicted molar refractivity (Wildman–Crippen MR) is 126 cm³/mol. The van der Waals surface area contributed by atoms with Crippen LogP contribution in [0, 0.1) is 28.6 Å². The summed E-state index contributed by atoms with van der Waals surface area (Å²) >= 11 is 0. The Labute approximate surface area is 218 Å². The van der Waals surface area contributed by atoms with Gasteiger partial charge >= 0.3 is 12.1 Å². The first kappa shape index (κ1) is 29.7. The Bertz CT molecular complexity index is 1050. The molecular formula is C24H36F3N5O6. The van der Waals surface area contributed by atoms with Gasteiger partial charge in [-0.25, -0.2) is 0 Å². The van der Waals surface area contributed by atoms with Gasteiger partial charge in [0.05, 0.1) is 6.10 Å². The number of hydrogen-bond donors (Lipinski definition) is 4. The highest BCUT2D eigenvalue weighted by Crippen LogP contribution is 2.78. The van der Waals surface area contributed by atoms with E-state index in [2.05, 4.69) is 5.32 Å². The van der Waals surface area contributed by atoms with Crippen molar-refractivity contribution < 1.29 is 41.9 Å². The number of ether oxygens (including phenoxy) is 1. The standard InChI is InChI=1S/C24H36F3N5O6/c1-10(38-6)14(30-20(37)24(25,26)27)19(36)32-9-13-22(4,5)23(13,15(32)17(29)34)12(16(28)33)7-11-8-21(2,3)31-18(11)35/h10-15H,7-9H2,1-6H3,(H2,28,33)(H2,29,34)(H,30,37)(H,31,35)/t10-,11-,12-,13?,14+,15?,23?/m1/s1. The lowest BCUT2D eigenvalue weighted by Crippen LogP contribution is -2.62. The average molecular weight is 548 g/mol. The number of nitrogens with one attached hydrogen (secondary N) is 2. The van der Waals surface area contributed by atoms with Gasteiger partial charge < -0.3 is 31.7 Å². The van der Waals surface area contributed by atoms with Gasteiger partial charge in [-0.1, -0.05) is 13.8 Å². The number of methoxy groups -OCH3 is 1. The van der Waals surface area contributed by atoms with Gasteiger partial charge in [-0.2, -0.15) is 13.2 Å². The molecule has 38 heavy (non-hydrogen) atoms. The fourth-order valence-corrected chi connectivity index (χ4v) is 7.05. The van der Waals surface area contributed by atoms with E-state index in [-0.39, 0.29) is 18.9 Å². The number of nitrogens with two attached hydrogens (primary N) is 2. The number of carbonyl (C=O) groups is 5. The van der Waals surface area contributed by atoms with E-state index in [1.807, 2.05) is 13.8 Å². The maximum Gasteiger partial charge on any atom is 0.471 e. The molecule has 2 heterocycles. The summed E-state index contributed by atoms with van der Waals surface area (Å²) in [7, 11) is 1.15. The monoisotopic (exact) mass is 547 g/mol. The molecule has 0 aromatic rings. The second-order valence-electron chi connectivity index (χ2n) is 11.9. The number of carbonyl (C=O) groups excluding carboxylic acids is 5. The van der Waals surface area contributed by atoms with Gasteiger partial charge in [0.25, 0.3) is 0 Å². The van der Waals surface area contributed by atoms with Crippen molar-refractivity contribution in [1.82, 2.24) is 15.5 Å². The number of fused-ring (bicyclic) bond motifs is 1. The molecule has 3 rings (SSSR count). The van der Waals surface area contributed by atoms with Crippen LogP contribution in [0.2, 0.25) is 0 Å². The van der Waals surface area contributed by atoms with E-state index in [0.717, 1.165) is 12.0 Å². The molecule has 0 bridgehead atoms. The van der Waals surface area contributed by atoms with Crippen LogP contribution >= 0.6 is 0 Å². The molecule has 2 saturated heterocycles. The molecule has 0 aromatic carbocycles. The van der Waals surface area contributed by atoms with E-state index >= 15 is 0 Å². The van der Waals surface area contributed by atoms with Gasteiger partial charge in [-0.15, -0.1) is 0 Å². The fraction of sp³-hybridized carbons (Fsp3) is 0.792. The van der Waals surface area contributed by atoms with Gasteiger partial charge in [-0.05, 0) is 44.9 Å². The molecule has 2 aliphatic heterocycles. The summed E-state index contributed by atoms with van der Waals surface area (Å²) in [6, 6.07) is -3.21. The van der Waals surface area contributed by atoms with Crippen LogP contribution in [0.25, 0.3) is 0 Å². The molecule has 1 aliphatic carbocycles. The van der Waals surface area contributed by atoms with Crippen LogP contribution in [-0.2, 0) is 28.7 Å². The topological polar surface area (TPSA) is 174 Å². The summed E-state index contributed by atoms with van der Waals surface area (Å²) in [5.41, 5.74) is 9.14. The maximum atomic E-state index is 13.6. The van der Waals surface area contributed by atoms with Gasteiger partial charge in [0.15, 0.2) is 0 Å². The van der Waals surface area contributed by atoms with Crippen molar-refractivity contribution in [2.45, 2.75) is 77.4 Å². The summed E-state index contributed by atoms with van der Waals surface area (Å²) in [5, 5.41) is 4.51. The first-order valence-electron chi connectivity index (χ1n) is 12.4. The molecule has 11 nitrogen and oxygen atoms in total. The Hall–Kier alpha value is -2.90. The maximum absolute atomic E-state index is 13.6. The summed E-state index contributed by atoms with van der Waals surface area (Å²) in [6.45, 7) is 8.44. The minimum Gasteiger partial charge on any atom is -0.379 e. The Morgan fingerprint density at radius 1 is 1.18 bits per heavy atom. The lowest BCUT2D eigenvalue weighted by molar-refractivity contribution is -0.176. The molecule has 214 valence electrons. The molecule has 14 heteroatoms. The molecule has 0 spiro atoms. The SMILES string of the molecule is CO[C@H](C)[C@H](NC(=O)C(F)(F)F)C(=O)N1CC2C(C)(C)C2([C@H](C[C@@H]2CC(C)(C)NC2=O)C(N)=O)C1C(N)=O. The average Bonchev–Trinajstić information content (AvgIpc) is 3.05. The zero-order valence-electron chi connectivity index (χ0n) is 22.3. The van der Waals surface area contributed by atoms with Crippen LogP contribution in [0.5, 0.6) is 0 Å². The normalized spacial score (nSPS) is 31.6. The highest BCUT2D eigenvalue weighted by molar-refractivity contribution is 5.96. The molecule has 3 unspecified atom stereocenters. The number of piperidine rings is 1. The Morgan fingerprint density at radius 2 is 1.76 bits per heavy atom. The Balaban J connectivity index is 2.01. The van der Waals surface area contributed by atoms with Gasteiger partial charge in [0, 0.05) is 36.4 Å². The first-order chi connectivity index (χ1) is 17.2. The molecule has 3 aliphatic rings. The number of likely N-dealkylation sites (tertiary alicyclic amines) is 1. The Morgan fingerprint density at radius 3 is 2.18 bits per heavy atom. The van der Waals surface area contributed by atoms with Crippen LogP contribution in [0.4, 0.5) is 13.2 Å². The zero-order chi connectivity index (χ0) is 29.2. The molecule has 5 amide bonds. The summed E-state index contributed by atoms with van der Waals surface area (Å²) < 4.78 is 44.0. The van der Waals surface area contributed by atoms with Crippen molar-refractivity contribution in [3.8, 4) is 0 Å². The van der Waals surface area contributed by atoms with Crippen LogP contribution in [0.15, 0.2) is 0 Å².